The molecule has 98 valence electrons. The highest BCUT2D eigenvalue weighted by molar-refractivity contribution is 5.73. The van der Waals surface area contributed by atoms with Gasteiger partial charge in [-0.25, -0.2) is 0 Å². The minimum Gasteiger partial charge on any atom is -0.480 e. The topological polar surface area (TPSA) is 128 Å². The third-order valence-corrected chi connectivity index (χ3v) is 2.41. The molecule has 0 unspecified atom stereocenters. The van der Waals surface area contributed by atoms with Crippen LogP contribution in [0, 0.1) is 6.92 Å². The van der Waals surface area contributed by atoms with Gasteiger partial charge in [0.25, 0.3) is 0 Å². The molecule has 0 spiro atoms. The summed E-state index contributed by atoms with van der Waals surface area (Å²) in [5, 5.41) is 24.1. The van der Waals surface area contributed by atoms with Gasteiger partial charge in [-0.3, -0.25) is 9.78 Å². The van der Waals surface area contributed by atoms with Gasteiger partial charge in [-0.05, 0) is 19.1 Å². The van der Waals surface area contributed by atoms with Gasteiger partial charge in [0.15, 0.2) is 5.82 Å². The molecule has 0 aliphatic carbocycles. The van der Waals surface area contributed by atoms with Gasteiger partial charge in [-0.2, -0.15) is 0 Å². The number of carboxylic acid groups (broad SMARTS) is 1. The van der Waals surface area contributed by atoms with Gasteiger partial charge in [0.05, 0.1) is 0 Å². The Bertz CT molecular complexity index is 569. The first-order valence-electron chi connectivity index (χ1n) is 5.54. The Morgan fingerprint density at radius 2 is 2.00 bits per heavy atom. The Morgan fingerprint density at radius 3 is 2.53 bits per heavy atom. The molecule has 8 nitrogen and oxygen atoms in total. The molecule has 0 amide bonds. The zero-order valence-electron chi connectivity index (χ0n) is 10.2. The monoisotopic (exact) mass is 260 g/mol. The lowest BCUT2D eigenvalue weighted by atomic mass is 10.1. The molecule has 3 N–H and O–H groups in total. The molecular weight excluding hydrogens is 248 g/mol. The van der Waals surface area contributed by atoms with Gasteiger partial charge in [0.2, 0.25) is 5.82 Å². The van der Waals surface area contributed by atoms with Crippen LogP contribution in [0.3, 0.4) is 0 Å². The average molecular weight is 260 g/mol. The molecule has 0 bridgehead atoms. The van der Waals surface area contributed by atoms with E-state index in [1.165, 1.54) is 6.20 Å². The molecule has 0 radical (unpaired) electrons. The summed E-state index contributed by atoms with van der Waals surface area (Å²) in [6, 6.07) is 2.45. The summed E-state index contributed by atoms with van der Waals surface area (Å²) >= 11 is 0. The first kappa shape index (κ1) is 13.0. The summed E-state index contributed by atoms with van der Waals surface area (Å²) in [7, 11) is 0. The van der Waals surface area contributed by atoms with E-state index in [9.17, 15) is 4.79 Å². The Kier molecular flexibility index (Phi) is 3.71. The summed E-state index contributed by atoms with van der Waals surface area (Å²) in [5.41, 5.74) is 6.68. The normalized spacial score (nSPS) is 12.1. The highest BCUT2D eigenvalue weighted by Gasteiger charge is 2.13. The molecule has 8 heteroatoms. The number of hydrogen-bond acceptors (Lipinski definition) is 7. The van der Waals surface area contributed by atoms with Gasteiger partial charge in [0, 0.05) is 23.9 Å². The Labute approximate surface area is 108 Å². The van der Waals surface area contributed by atoms with Crippen LogP contribution in [-0.4, -0.2) is 42.5 Å². The van der Waals surface area contributed by atoms with Crippen molar-refractivity contribution in [1.29, 1.82) is 0 Å². The Balaban J connectivity index is 2.14. The molecule has 0 aliphatic rings. The van der Waals surface area contributed by atoms with Crippen molar-refractivity contribution in [3.63, 3.8) is 0 Å². The second kappa shape index (κ2) is 5.44. The second-order valence-electron chi connectivity index (χ2n) is 3.96. The Hall–Kier alpha value is -2.48. The number of rotatable bonds is 4. The van der Waals surface area contributed by atoms with Crippen LogP contribution >= 0.6 is 0 Å². The van der Waals surface area contributed by atoms with Crippen molar-refractivity contribution < 1.29 is 9.90 Å². The molecular formula is C11H12N6O2. The minimum absolute atomic E-state index is 0.168. The molecule has 0 aromatic carbocycles. The molecule has 2 aromatic heterocycles. The number of nitrogens with zero attached hydrogens (tertiary/aromatic N) is 5. The van der Waals surface area contributed by atoms with E-state index in [1.54, 1.807) is 19.1 Å². The van der Waals surface area contributed by atoms with Crippen molar-refractivity contribution in [1.82, 2.24) is 25.4 Å². The predicted molar refractivity (Wildman–Crippen MR) is 64.9 cm³/mol. The van der Waals surface area contributed by atoms with Crippen LogP contribution in [0.4, 0.5) is 0 Å². The highest BCUT2D eigenvalue weighted by Crippen LogP contribution is 2.12. The van der Waals surface area contributed by atoms with Crippen LogP contribution in [0.25, 0.3) is 11.4 Å². The first-order chi connectivity index (χ1) is 9.06. The van der Waals surface area contributed by atoms with Gasteiger partial charge < -0.3 is 10.8 Å². The quantitative estimate of drug-likeness (QED) is 0.759. The second-order valence-corrected chi connectivity index (χ2v) is 3.96. The predicted octanol–water partition coefficient (Wildman–Crippen LogP) is -0.409. The number of hydrogen-bond donors (Lipinski definition) is 2. The first-order valence-corrected chi connectivity index (χ1v) is 5.54. The van der Waals surface area contributed by atoms with Crippen LogP contribution in [0.5, 0.6) is 0 Å². The number of nitrogens with two attached hydrogens (primary N) is 1. The van der Waals surface area contributed by atoms with Gasteiger partial charge in [0.1, 0.15) is 6.04 Å². The van der Waals surface area contributed by atoms with Crippen LogP contribution in [-0.2, 0) is 11.2 Å². The number of carbonyl (C=O) groups is 1. The van der Waals surface area contributed by atoms with Crippen molar-refractivity contribution in [2.75, 3.05) is 0 Å². The maximum atomic E-state index is 10.6. The van der Waals surface area contributed by atoms with Crippen LogP contribution in [0.15, 0.2) is 18.3 Å². The molecule has 0 saturated carbocycles. The zero-order valence-corrected chi connectivity index (χ0v) is 10.2. The third-order valence-electron chi connectivity index (χ3n) is 2.41. The fourth-order valence-electron chi connectivity index (χ4n) is 1.39. The van der Waals surface area contributed by atoms with E-state index in [1.807, 2.05) is 0 Å². The zero-order chi connectivity index (χ0) is 13.8. The number of aryl methyl sites for hydroxylation is 1. The summed E-state index contributed by atoms with van der Waals surface area (Å²) in [6.07, 6.45) is 1.71. The van der Waals surface area contributed by atoms with Crippen LogP contribution in [0.2, 0.25) is 0 Å². The molecule has 2 aromatic rings. The molecule has 0 saturated heterocycles. The Morgan fingerprint density at radius 1 is 1.32 bits per heavy atom. The fourth-order valence-corrected chi connectivity index (χ4v) is 1.39. The number of carboxylic acids is 1. The van der Waals surface area contributed by atoms with Crippen LogP contribution < -0.4 is 5.73 Å². The number of aromatic nitrogens is 5. The summed E-state index contributed by atoms with van der Waals surface area (Å²) < 4.78 is 0. The van der Waals surface area contributed by atoms with Gasteiger partial charge in [-0.15, -0.1) is 20.4 Å². The van der Waals surface area contributed by atoms with E-state index in [2.05, 4.69) is 25.4 Å². The SMILES string of the molecule is Cc1nnc(-c2ccc(C[C@H](N)C(=O)O)nc2)nn1. The van der Waals surface area contributed by atoms with Crippen molar-refractivity contribution in [2.24, 2.45) is 5.73 Å². The molecule has 19 heavy (non-hydrogen) atoms. The lowest BCUT2D eigenvalue weighted by Gasteiger charge is -2.05. The van der Waals surface area contributed by atoms with E-state index in [-0.39, 0.29) is 6.42 Å². The maximum absolute atomic E-state index is 10.6. The maximum Gasteiger partial charge on any atom is 0.320 e. The van der Waals surface area contributed by atoms with Gasteiger partial charge >= 0.3 is 5.97 Å². The summed E-state index contributed by atoms with van der Waals surface area (Å²) in [5.74, 6) is -0.200. The smallest absolute Gasteiger partial charge is 0.320 e. The molecule has 2 heterocycles. The number of aliphatic carboxylic acids is 1. The fraction of sp³-hybridized carbons (Fsp3) is 0.273. The highest BCUT2D eigenvalue weighted by atomic mass is 16.4. The molecule has 1 atom stereocenters. The summed E-state index contributed by atoms with van der Waals surface area (Å²) in [4.78, 5) is 14.8. The van der Waals surface area contributed by atoms with Crippen molar-refractivity contribution in [2.45, 2.75) is 19.4 Å². The standard InChI is InChI=1S/C11H12N6O2/c1-6-14-16-10(17-15-6)7-2-3-8(13-5-7)4-9(12)11(18)19/h2-3,5,9H,4,12H2,1H3,(H,18,19)/t9-/m0/s1. The molecule has 0 fully saturated rings. The van der Waals surface area contributed by atoms with E-state index < -0.39 is 12.0 Å². The number of pyridine rings is 1. The van der Waals surface area contributed by atoms with Crippen molar-refractivity contribution in [3.8, 4) is 11.4 Å². The lowest BCUT2D eigenvalue weighted by molar-refractivity contribution is -0.138. The van der Waals surface area contributed by atoms with Gasteiger partial charge in [-0.1, -0.05) is 0 Å². The van der Waals surface area contributed by atoms with Crippen LogP contribution in [0.1, 0.15) is 11.5 Å². The largest absolute Gasteiger partial charge is 0.480 e. The van der Waals surface area contributed by atoms with E-state index in [0.717, 1.165) is 0 Å². The van der Waals surface area contributed by atoms with E-state index in [4.69, 9.17) is 10.8 Å². The lowest BCUT2D eigenvalue weighted by Crippen LogP contribution is -2.32. The van der Waals surface area contributed by atoms with E-state index in [0.29, 0.717) is 22.9 Å². The molecule has 0 aliphatic heterocycles. The minimum atomic E-state index is -1.05. The van der Waals surface area contributed by atoms with Crippen molar-refractivity contribution >= 4 is 5.97 Å². The average Bonchev–Trinajstić information content (AvgIpc) is 2.40. The summed E-state index contributed by atoms with van der Waals surface area (Å²) in [6.45, 7) is 1.69. The van der Waals surface area contributed by atoms with E-state index >= 15 is 0 Å². The molecule has 2 rings (SSSR count). The van der Waals surface area contributed by atoms with Crippen molar-refractivity contribution in [3.05, 3.63) is 29.8 Å². The third kappa shape index (κ3) is 3.26.